The Labute approximate surface area is 126 Å². The summed E-state index contributed by atoms with van der Waals surface area (Å²) in [5.74, 6) is 0.297. The number of esters is 1. The minimum Gasteiger partial charge on any atom is -0.488 e. The number of rotatable bonds is 5. The Morgan fingerprint density at radius 2 is 2.16 bits per heavy atom. The highest BCUT2D eigenvalue weighted by Gasteiger charge is 2.09. The molecule has 0 bridgehead atoms. The second-order valence-electron chi connectivity index (χ2n) is 3.92. The average molecular weight is 348 g/mol. The smallest absolute Gasteiger partial charge is 0.333 e. The molecular formula is C14H16BrClO3. The SMILES string of the molecule is CCC(=CCOc1c(C)cc(Br)cc1Cl)C(=O)OC. The lowest BCUT2D eigenvalue weighted by Crippen LogP contribution is -2.06. The molecule has 1 aromatic rings. The van der Waals surface area contributed by atoms with E-state index in [4.69, 9.17) is 16.3 Å². The van der Waals surface area contributed by atoms with Crippen LogP contribution in [0, 0.1) is 6.92 Å². The number of hydrogen-bond donors (Lipinski definition) is 0. The molecule has 104 valence electrons. The van der Waals surface area contributed by atoms with Gasteiger partial charge in [-0.3, -0.25) is 0 Å². The van der Waals surface area contributed by atoms with Crippen molar-refractivity contribution in [2.24, 2.45) is 0 Å². The molecule has 0 radical (unpaired) electrons. The van der Waals surface area contributed by atoms with E-state index in [-0.39, 0.29) is 12.6 Å². The predicted octanol–water partition coefficient (Wildman–Crippen LogP) is 4.30. The zero-order chi connectivity index (χ0) is 14.4. The first kappa shape index (κ1) is 16.1. The Bertz CT molecular complexity index is 474. The summed E-state index contributed by atoms with van der Waals surface area (Å²) in [6.07, 6.45) is 2.31. The lowest BCUT2D eigenvalue weighted by molar-refractivity contribution is -0.136. The van der Waals surface area contributed by atoms with Gasteiger partial charge in [-0.2, -0.15) is 0 Å². The van der Waals surface area contributed by atoms with Crippen LogP contribution in [0.25, 0.3) is 0 Å². The van der Waals surface area contributed by atoms with E-state index in [1.807, 2.05) is 19.9 Å². The minimum atomic E-state index is -0.329. The van der Waals surface area contributed by atoms with E-state index in [2.05, 4.69) is 20.7 Å². The van der Waals surface area contributed by atoms with Crippen LogP contribution in [0.3, 0.4) is 0 Å². The van der Waals surface area contributed by atoms with Gasteiger partial charge in [-0.1, -0.05) is 34.5 Å². The molecule has 0 N–H and O–H groups in total. The normalized spacial score (nSPS) is 11.3. The molecule has 0 atom stereocenters. The van der Waals surface area contributed by atoms with Crippen molar-refractivity contribution in [1.29, 1.82) is 0 Å². The van der Waals surface area contributed by atoms with Gasteiger partial charge in [0, 0.05) is 10.0 Å². The van der Waals surface area contributed by atoms with E-state index >= 15 is 0 Å². The summed E-state index contributed by atoms with van der Waals surface area (Å²) in [5.41, 5.74) is 1.53. The van der Waals surface area contributed by atoms with Crippen molar-refractivity contribution in [2.45, 2.75) is 20.3 Å². The topological polar surface area (TPSA) is 35.5 Å². The third-order valence-electron chi connectivity index (χ3n) is 2.58. The van der Waals surface area contributed by atoms with Crippen LogP contribution in [0.15, 0.2) is 28.3 Å². The molecule has 19 heavy (non-hydrogen) atoms. The molecule has 5 heteroatoms. The first-order valence-electron chi connectivity index (χ1n) is 5.85. The summed E-state index contributed by atoms with van der Waals surface area (Å²) in [7, 11) is 1.36. The van der Waals surface area contributed by atoms with Crippen LogP contribution in [0.4, 0.5) is 0 Å². The number of hydrogen-bond acceptors (Lipinski definition) is 3. The van der Waals surface area contributed by atoms with E-state index in [1.165, 1.54) is 7.11 Å². The number of halogens is 2. The number of carbonyl (C=O) groups excluding carboxylic acids is 1. The van der Waals surface area contributed by atoms with Crippen molar-refractivity contribution in [1.82, 2.24) is 0 Å². The molecule has 0 aliphatic carbocycles. The van der Waals surface area contributed by atoms with Crippen molar-refractivity contribution in [3.63, 3.8) is 0 Å². The van der Waals surface area contributed by atoms with E-state index in [1.54, 1.807) is 12.1 Å². The number of aryl methyl sites for hydroxylation is 1. The van der Waals surface area contributed by atoms with Crippen LogP contribution in [0.2, 0.25) is 5.02 Å². The second kappa shape index (κ2) is 7.56. The maximum atomic E-state index is 11.4. The fourth-order valence-electron chi connectivity index (χ4n) is 1.60. The maximum absolute atomic E-state index is 11.4. The Hall–Kier alpha value is -1.00. The van der Waals surface area contributed by atoms with Crippen LogP contribution in [0.1, 0.15) is 18.9 Å². The Morgan fingerprint density at radius 1 is 1.47 bits per heavy atom. The van der Waals surface area contributed by atoms with Crippen molar-refractivity contribution in [3.8, 4) is 5.75 Å². The van der Waals surface area contributed by atoms with Crippen LogP contribution in [-0.2, 0) is 9.53 Å². The first-order valence-corrected chi connectivity index (χ1v) is 7.02. The van der Waals surface area contributed by atoms with E-state index in [0.29, 0.717) is 22.8 Å². The number of carbonyl (C=O) groups is 1. The fraction of sp³-hybridized carbons (Fsp3) is 0.357. The summed E-state index contributed by atoms with van der Waals surface area (Å²) in [4.78, 5) is 11.4. The van der Waals surface area contributed by atoms with Gasteiger partial charge in [-0.05, 0) is 37.1 Å². The zero-order valence-electron chi connectivity index (χ0n) is 11.1. The molecule has 0 aliphatic heterocycles. The van der Waals surface area contributed by atoms with Crippen molar-refractivity contribution in [3.05, 3.63) is 38.8 Å². The van der Waals surface area contributed by atoms with Crippen molar-refractivity contribution in [2.75, 3.05) is 13.7 Å². The van der Waals surface area contributed by atoms with Gasteiger partial charge in [-0.15, -0.1) is 0 Å². The third-order valence-corrected chi connectivity index (χ3v) is 3.32. The monoisotopic (exact) mass is 346 g/mol. The summed E-state index contributed by atoms with van der Waals surface area (Å²) in [6.45, 7) is 4.08. The molecule has 0 fully saturated rings. The first-order chi connectivity index (χ1) is 8.99. The van der Waals surface area contributed by atoms with Gasteiger partial charge in [0.1, 0.15) is 12.4 Å². The molecule has 1 aromatic carbocycles. The lowest BCUT2D eigenvalue weighted by atomic mass is 10.2. The molecule has 0 amide bonds. The highest BCUT2D eigenvalue weighted by molar-refractivity contribution is 9.10. The standard InChI is InChI=1S/C14H16BrClO3/c1-4-10(14(17)18-3)5-6-19-13-9(2)7-11(15)8-12(13)16/h5,7-8H,4,6H2,1-3H3. The molecule has 0 aliphatic rings. The van der Waals surface area contributed by atoms with Crippen molar-refractivity contribution >= 4 is 33.5 Å². The van der Waals surface area contributed by atoms with E-state index in [9.17, 15) is 4.79 Å². The highest BCUT2D eigenvalue weighted by Crippen LogP contribution is 2.31. The van der Waals surface area contributed by atoms with Gasteiger partial charge in [0.2, 0.25) is 0 Å². The zero-order valence-corrected chi connectivity index (χ0v) is 13.5. The molecule has 1 rings (SSSR count). The Kier molecular flexibility index (Phi) is 6.38. The molecular weight excluding hydrogens is 332 g/mol. The molecule has 0 heterocycles. The summed E-state index contributed by atoms with van der Waals surface area (Å²) >= 11 is 9.47. The molecule has 0 unspecified atom stereocenters. The van der Waals surface area contributed by atoms with Gasteiger partial charge < -0.3 is 9.47 Å². The van der Waals surface area contributed by atoms with Crippen molar-refractivity contribution < 1.29 is 14.3 Å². The van der Waals surface area contributed by atoms with Crippen LogP contribution >= 0.6 is 27.5 Å². The molecule has 3 nitrogen and oxygen atoms in total. The van der Waals surface area contributed by atoms with E-state index < -0.39 is 0 Å². The van der Waals surface area contributed by atoms with Gasteiger partial charge in [-0.25, -0.2) is 4.79 Å². The highest BCUT2D eigenvalue weighted by atomic mass is 79.9. The average Bonchev–Trinajstić information content (AvgIpc) is 2.36. The number of methoxy groups -OCH3 is 1. The summed E-state index contributed by atoms with van der Waals surface area (Å²) in [6, 6.07) is 3.70. The van der Waals surface area contributed by atoms with Crippen LogP contribution < -0.4 is 4.74 Å². The number of benzene rings is 1. The molecule has 0 aromatic heterocycles. The quantitative estimate of drug-likeness (QED) is 0.588. The van der Waals surface area contributed by atoms with E-state index in [0.717, 1.165) is 10.0 Å². The number of ether oxygens (including phenoxy) is 2. The molecule has 0 saturated carbocycles. The van der Waals surface area contributed by atoms with Gasteiger partial charge in [0.05, 0.1) is 12.1 Å². The second-order valence-corrected chi connectivity index (χ2v) is 5.24. The Morgan fingerprint density at radius 3 is 2.68 bits per heavy atom. The fourth-order valence-corrected chi connectivity index (χ4v) is 2.63. The predicted molar refractivity (Wildman–Crippen MR) is 79.8 cm³/mol. The van der Waals surface area contributed by atoms with Gasteiger partial charge in [0.15, 0.2) is 0 Å². The van der Waals surface area contributed by atoms with Gasteiger partial charge in [0.25, 0.3) is 0 Å². The molecule has 0 spiro atoms. The summed E-state index contributed by atoms with van der Waals surface area (Å²) < 4.78 is 11.2. The Balaban J connectivity index is 2.77. The van der Waals surface area contributed by atoms with Crippen LogP contribution in [0.5, 0.6) is 5.75 Å². The minimum absolute atomic E-state index is 0.278. The molecule has 0 saturated heterocycles. The maximum Gasteiger partial charge on any atom is 0.333 e. The largest absolute Gasteiger partial charge is 0.488 e. The van der Waals surface area contributed by atoms with Gasteiger partial charge >= 0.3 is 5.97 Å². The lowest BCUT2D eigenvalue weighted by Gasteiger charge is -2.10. The van der Waals surface area contributed by atoms with Crippen LogP contribution in [-0.4, -0.2) is 19.7 Å². The summed E-state index contributed by atoms with van der Waals surface area (Å²) in [5, 5.41) is 0.538. The third kappa shape index (κ3) is 4.55.